The van der Waals surface area contributed by atoms with Crippen molar-refractivity contribution >= 4 is 22.6 Å². The molecule has 0 aromatic heterocycles. The van der Waals surface area contributed by atoms with Crippen molar-refractivity contribution in [3.63, 3.8) is 0 Å². The maximum atomic E-state index is 9.06. The van der Waals surface area contributed by atoms with Gasteiger partial charge in [0.05, 0.1) is 0 Å². The Morgan fingerprint density at radius 1 is 1.50 bits per heavy atom. The maximum absolute atomic E-state index is 9.06. The normalized spacial score (nSPS) is 6.25. The molecule has 1 atom stereocenters. The molecule has 0 spiro atoms. The molecular weight excluding hydrogens is 138 g/mol. The Kier molecular flexibility index (Phi) is 1.95. The van der Waals surface area contributed by atoms with E-state index in [1.54, 1.807) is 0 Å². The molecule has 1 unspecified atom stereocenters. The molecule has 0 aliphatic heterocycles. The average Bonchev–Trinajstić information content (AvgIpc) is 0.811. The summed E-state index contributed by atoms with van der Waals surface area (Å²) < 4.78 is 18.1. The summed E-state index contributed by atoms with van der Waals surface area (Å²) in [6.07, 6.45) is -2.06. The van der Waals surface area contributed by atoms with Crippen LogP contribution in [0.4, 0.5) is 0 Å². The third-order valence-corrected chi connectivity index (χ3v) is 0. The van der Waals surface area contributed by atoms with Gasteiger partial charge < -0.3 is 0 Å². The summed E-state index contributed by atoms with van der Waals surface area (Å²) in [4.78, 5) is 0. The molecule has 0 bridgehead atoms. The van der Waals surface area contributed by atoms with Gasteiger partial charge in [0.15, 0.2) is 0 Å². The van der Waals surface area contributed by atoms with Gasteiger partial charge in [-0.05, 0) is 0 Å². The first-order chi connectivity index (χ1) is 1.73. The van der Waals surface area contributed by atoms with Gasteiger partial charge in [-0.15, -0.1) is 0 Å². The van der Waals surface area contributed by atoms with Gasteiger partial charge in [0, 0.05) is 0 Å². The SMILES string of the molecule is O=P(=O)[AsH2]. The topological polar surface area (TPSA) is 34.1 Å². The molecule has 0 heterocycles. The molecular formula is H2AsO2P. The summed E-state index contributed by atoms with van der Waals surface area (Å²) in [5.74, 6) is 0. The van der Waals surface area contributed by atoms with Crippen molar-refractivity contribution in [2.24, 2.45) is 0 Å². The van der Waals surface area contributed by atoms with Crippen LogP contribution in [0, 0.1) is 0 Å². The van der Waals surface area contributed by atoms with Crippen molar-refractivity contribution in [3.8, 4) is 0 Å². The van der Waals surface area contributed by atoms with Crippen LogP contribution in [0.15, 0.2) is 0 Å². The average molecular weight is 140 g/mol. The van der Waals surface area contributed by atoms with Crippen molar-refractivity contribution in [1.82, 2.24) is 0 Å². The molecule has 0 aliphatic carbocycles. The molecule has 0 radical (unpaired) electrons. The minimum absolute atomic E-state index is 0.752. The molecule has 2 nitrogen and oxygen atoms in total. The Bertz CT molecular complexity index is 54.4. The quantitative estimate of drug-likeness (QED) is 0.342. The third-order valence-electron chi connectivity index (χ3n) is 0. The molecule has 0 saturated heterocycles. The molecule has 0 aromatic rings. The first-order valence-corrected chi connectivity index (χ1v) is 5.12. The van der Waals surface area contributed by atoms with Crippen molar-refractivity contribution in [2.45, 2.75) is 0 Å². The molecule has 24 valence electrons. The summed E-state index contributed by atoms with van der Waals surface area (Å²) in [6, 6.07) is 0. The Morgan fingerprint density at radius 3 is 1.50 bits per heavy atom. The predicted octanol–water partition coefficient (Wildman–Crippen LogP) is -0.293. The number of hydrogen-bond acceptors (Lipinski definition) is 2. The fraction of sp³-hybridized carbons (Fsp3) is 0. The second-order valence-corrected chi connectivity index (χ2v) is 3.51. The van der Waals surface area contributed by atoms with Crippen LogP contribution in [0.25, 0.3) is 0 Å². The Morgan fingerprint density at radius 2 is 1.50 bits per heavy atom. The van der Waals surface area contributed by atoms with Crippen LogP contribution in [-0.4, -0.2) is 16.4 Å². The van der Waals surface area contributed by atoms with Crippen molar-refractivity contribution < 1.29 is 9.13 Å². The zero-order valence-electron chi connectivity index (χ0n) is 1.84. The Hall–Kier alpha value is 0.458. The monoisotopic (exact) mass is 140 g/mol. The predicted molar refractivity (Wildman–Crippen MR) is 16.8 cm³/mol. The van der Waals surface area contributed by atoms with E-state index in [9.17, 15) is 0 Å². The molecule has 4 heteroatoms. The summed E-state index contributed by atoms with van der Waals surface area (Å²) in [6.45, 7) is 0. The number of hydrogen-bond donors (Lipinski definition) is 0. The Labute approximate surface area is 32.5 Å². The molecule has 0 saturated carbocycles. The van der Waals surface area contributed by atoms with E-state index < -0.39 is 6.24 Å². The van der Waals surface area contributed by atoms with Crippen LogP contribution in [0.5, 0.6) is 0 Å². The van der Waals surface area contributed by atoms with Crippen molar-refractivity contribution in [1.29, 1.82) is 0 Å². The standard InChI is InChI=1S/AsH2O2P/c1-4(2)3/h1H2. The third kappa shape index (κ3) is 24.9. The first-order valence-electron chi connectivity index (χ1n) is 0.623. The second-order valence-electron chi connectivity index (χ2n) is 0.285. The van der Waals surface area contributed by atoms with Gasteiger partial charge in [0.1, 0.15) is 0 Å². The van der Waals surface area contributed by atoms with E-state index in [2.05, 4.69) is 0 Å². The van der Waals surface area contributed by atoms with Crippen LogP contribution in [0.3, 0.4) is 0 Å². The van der Waals surface area contributed by atoms with E-state index in [4.69, 9.17) is 9.13 Å². The van der Waals surface area contributed by atoms with Gasteiger partial charge in [-0.1, -0.05) is 0 Å². The summed E-state index contributed by atoms with van der Waals surface area (Å²) >= 11 is 0.752. The van der Waals surface area contributed by atoms with Crippen molar-refractivity contribution in [3.05, 3.63) is 0 Å². The van der Waals surface area contributed by atoms with E-state index in [-0.39, 0.29) is 0 Å². The van der Waals surface area contributed by atoms with Crippen LogP contribution < -0.4 is 0 Å². The van der Waals surface area contributed by atoms with E-state index in [1.807, 2.05) is 0 Å². The van der Waals surface area contributed by atoms with E-state index in [0.29, 0.717) is 0 Å². The van der Waals surface area contributed by atoms with Gasteiger partial charge >= 0.3 is 31.8 Å². The van der Waals surface area contributed by atoms with Gasteiger partial charge in [-0.25, -0.2) is 0 Å². The van der Waals surface area contributed by atoms with Gasteiger partial charge in [-0.3, -0.25) is 0 Å². The second kappa shape index (κ2) is 1.75. The van der Waals surface area contributed by atoms with Crippen LogP contribution in [0.2, 0.25) is 0 Å². The van der Waals surface area contributed by atoms with Crippen LogP contribution >= 0.6 is 6.24 Å². The zero-order chi connectivity index (χ0) is 3.58. The molecule has 0 amide bonds. The molecule has 0 aromatic carbocycles. The van der Waals surface area contributed by atoms with E-state index in [0.717, 1.165) is 16.4 Å². The summed E-state index contributed by atoms with van der Waals surface area (Å²) in [5, 5.41) is 0. The Balaban J connectivity index is 3.51. The van der Waals surface area contributed by atoms with Crippen LogP contribution in [0.1, 0.15) is 0 Å². The molecule has 0 N–H and O–H groups in total. The molecule has 0 rings (SSSR count). The van der Waals surface area contributed by atoms with E-state index in [1.165, 1.54) is 0 Å². The number of rotatable bonds is 0. The van der Waals surface area contributed by atoms with Crippen molar-refractivity contribution in [2.75, 3.05) is 0 Å². The van der Waals surface area contributed by atoms with Gasteiger partial charge in [0.25, 0.3) is 0 Å². The summed E-state index contributed by atoms with van der Waals surface area (Å²) in [5.41, 5.74) is 0. The van der Waals surface area contributed by atoms with Gasteiger partial charge in [0.2, 0.25) is 0 Å². The molecule has 0 fully saturated rings. The van der Waals surface area contributed by atoms with E-state index >= 15 is 0 Å². The first kappa shape index (κ1) is 4.46. The summed E-state index contributed by atoms with van der Waals surface area (Å²) in [7, 11) is 0. The molecule has 4 heavy (non-hydrogen) atoms. The van der Waals surface area contributed by atoms with Crippen LogP contribution in [-0.2, 0) is 9.13 Å². The minimum atomic E-state index is -2.06. The van der Waals surface area contributed by atoms with Gasteiger partial charge in [-0.2, -0.15) is 0 Å². The molecule has 0 aliphatic rings. The fourth-order valence-electron chi connectivity index (χ4n) is 0. The fourth-order valence-corrected chi connectivity index (χ4v) is 0. The zero-order valence-corrected chi connectivity index (χ0v) is 5.16.